The molecule has 0 unspecified atom stereocenters. The molecular formula is C29H37BN4O7. The van der Waals surface area contributed by atoms with Crippen LogP contribution in [0.5, 0.6) is 5.88 Å². The number of amides is 2. The molecule has 11 nitrogen and oxygen atoms in total. The van der Waals surface area contributed by atoms with Crippen molar-refractivity contribution in [3.05, 3.63) is 35.4 Å². The molecule has 6 rings (SSSR count). The Bertz CT molecular complexity index is 1390. The van der Waals surface area contributed by atoms with Gasteiger partial charge >= 0.3 is 13.2 Å². The average molecular weight is 564 g/mol. The molecule has 2 saturated heterocycles. The minimum atomic E-state index is -0.756. The summed E-state index contributed by atoms with van der Waals surface area (Å²) in [5.74, 6) is 0.588. The molecule has 4 aliphatic heterocycles. The maximum absolute atomic E-state index is 13.8. The highest BCUT2D eigenvalue weighted by Crippen LogP contribution is 2.40. The molecule has 2 aromatic rings. The molecule has 0 radical (unpaired) electrons. The predicted octanol–water partition coefficient (Wildman–Crippen LogP) is 3.61. The van der Waals surface area contributed by atoms with Gasteiger partial charge in [-0.15, -0.1) is 0 Å². The van der Waals surface area contributed by atoms with Crippen molar-refractivity contribution in [2.45, 2.75) is 77.9 Å². The van der Waals surface area contributed by atoms with Crippen LogP contribution in [0, 0.1) is 0 Å². The van der Waals surface area contributed by atoms with Crippen LogP contribution in [-0.2, 0) is 25.3 Å². The van der Waals surface area contributed by atoms with Crippen molar-refractivity contribution in [1.82, 2.24) is 9.88 Å². The van der Waals surface area contributed by atoms with Gasteiger partial charge in [-0.05, 0) is 77.7 Å². The van der Waals surface area contributed by atoms with Crippen LogP contribution in [0.4, 0.5) is 22.0 Å². The van der Waals surface area contributed by atoms with E-state index in [1.54, 1.807) is 26.8 Å². The molecule has 41 heavy (non-hydrogen) atoms. The molecule has 2 amide bonds. The maximum atomic E-state index is 13.8. The number of fused-ring (bicyclic) bond motifs is 4. The minimum absolute atomic E-state index is 0.0388. The summed E-state index contributed by atoms with van der Waals surface area (Å²) >= 11 is 0. The van der Waals surface area contributed by atoms with E-state index in [1.165, 1.54) is 0 Å². The molecule has 1 aromatic heterocycles. The quantitative estimate of drug-likeness (QED) is 0.555. The predicted molar refractivity (Wildman–Crippen MR) is 153 cm³/mol. The number of ether oxygens (including phenoxy) is 3. The highest BCUT2D eigenvalue weighted by molar-refractivity contribution is 6.63. The maximum Gasteiger partial charge on any atom is 0.495 e. The Kier molecular flexibility index (Phi) is 6.51. The SMILES string of the molecule is CC(C)(C)OC(=O)N1Cc2c(B3OC(C)(C)C(C)(C)O3)ccc(Nc3ccc4c(n3)OC[C@@H]3COCCN43)c2C1=O. The Balaban J connectivity index is 1.35. The van der Waals surface area contributed by atoms with Gasteiger partial charge in [0.2, 0.25) is 5.88 Å². The number of imide groups is 1. The molecule has 5 heterocycles. The third-order valence-corrected chi connectivity index (χ3v) is 8.30. The molecule has 1 atom stereocenters. The van der Waals surface area contributed by atoms with E-state index in [2.05, 4.69) is 10.2 Å². The minimum Gasteiger partial charge on any atom is -0.474 e. The first-order chi connectivity index (χ1) is 19.2. The number of nitrogens with one attached hydrogen (secondary N) is 1. The zero-order chi connectivity index (χ0) is 29.3. The molecule has 0 bridgehead atoms. The van der Waals surface area contributed by atoms with Crippen LogP contribution in [0.2, 0.25) is 0 Å². The van der Waals surface area contributed by atoms with Gasteiger partial charge < -0.3 is 33.7 Å². The largest absolute Gasteiger partial charge is 0.495 e. The molecule has 1 N–H and O–H groups in total. The van der Waals surface area contributed by atoms with E-state index in [1.807, 2.05) is 45.9 Å². The molecule has 2 fully saturated rings. The first-order valence-electron chi connectivity index (χ1n) is 14.1. The summed E-state index contributed by atoms with van der Waals surface area (Å²) in [6, 6.07) is 7.67. The van der Waals surface area contributed by atoms with Crippen molar-refractivity contribution in [2.75, 3.05) is 36.6 Å². The highest BCUT2D eigenvalue weighted by atomic mass is 16.7. The highest BCUT2D eigenvalue weighted by Gasteiger charge is 2.53. The van der Waals surface area contributed by atoms with E-state index in [0.717, 1.165) is 17.1 Å². The summed E-state index contributed by atoms with van der Waals surface area (Å²) in [6.45, 7) is 15.8. The lowest BCUT2D eigenvalue weighted by Gasteiger charge is -2.40. The lowest BCUT2D eigenvalue weighted by atomic mass is 9.74. The van der Waals surface area contributed by atoms with Crippen molar-refractivity contribution in [3.63, 3.8) is 0 Å². The molecule has 1 aromatic carbocycles. The fourth-order valence-corrected chi connectivity index (χ4v) is 5.45. The number of morpholine rings is 1. The summed E-state index contributed by atoms with van der Waals surface area (Å²) in [5, 5.41) is 3.30. The number of benzene rings is 1. The van der Waals surface area contributed by atoms with E-state index in [-0.39, 0.29) is 12.6 Å². The molecular weight excluding hydrogens is 527 g/mol. The topological polar surface area (TPSA) is 112 Å². The number of pyridine rings is 1. The van der Waals surface area contributed by atoms with Gasteiger partial charge in [-0.1, -0.05) is 6.07 Å². The van der Waals surface area contributed by atoms with Crippen LogP contribution < -0.4 is 20.4 Å². The second-order valence-electron chi connectivity index (χ2n) is 12.9. The first kappa shape index (κ1) is 27.8. The normalized spacial score (nSPS) is 22.6. The van der Waals surface area contributed by atoms with Crippen molar-refractivity contribution in [2.24, 2.45) is 0 Å². The van der Waals surface area contributed by atoms with Crippen LogP contribution >= 0.6 is 0 Å². The third kappa shape index (κ3) is 4.91. The van der Waals surface area contributed by atoms with Crippen molar-refractivity contribution in [3.8, 4) is 5.88 Å². The van der Waals surface area contributed by atoms with Gasteiger partial charge in [-0.3, -0.25) is 4.79 Å². The second kappa shape index (κ2) is 9.60. The molecule has 12 heteroatoms. The smallest absolute Gasteiger partial charge is 0.474 e. The van der Waals surface area contributed by atoms with E-state index in [4.69, 9.17) is 28.5 Å². The Labute approximate surface area is 240 Å². The second-order valence-corrected chi connectivity index (χ2v) is 12.9. The fourth-order valence-electron chi connectivity index (χ4n) is 5.45. The number of hydrogen-bond acceptors (Lipinski definition) is 10. The number of hydrogen-bond donors (Lipinski definition) is 1. The average Bonchev–Trinajstić information content (AvgIpc) is 3.35. The Hall–Kier alpha value is -3.35. The van der Waals surface area contributed by atoms with Gasteiger partial charge in [0.25, 0.3) is 5.91 Å². The first-order valence-corrected chi connectivity index (χ1v) is 14.1. The van der Waals surface area contributed by atoms with Crippen LogP contribution in [-0.4, -0.2) is 78.2 Å². The lowest BCUT2D eigenvalue weighted by Crippen LogP contribution is -2.51. The van der Waals surface area contributed by atoms with E-state index < -0.39 is 35.9 Å². The monoisotopic (exact) mass is 564 g/mol. The summed E-state index contributed by atoms with van der Waals surface area (Å²) in [5.41, 5.74) is 1.25. The van der Waals surface area contributed by atoms with Crippen molar-refractivity contribution in [1.29, 1.82) is 0 Å². The van der Waals surface area contributed by atoms with Crippen LogP contribution in [0.25, 0.3) is 0 Å². The Morgan fingerprint density at radius 2 is 1.83 bits per heavy atom. The van der Waals surface area contributed by atoms with Gasteiger partial charge in [0.15, 0.2) is 0 Å². The summed E-state index contributed by atoms with van der Waals surface area (Å²) in [4.78, 5) is 35.0. The zero-order valence-electron chi connectivity index (χ0n) is 24.7. The van der Waals surface area contributed by atoms with E-state index in [9.17, 15) is 9.59 Å². The zero-order valence-corrected chi connectivity index (χ0v) is 24.7. The van der Waals surface area contributed by atoms with Gasteiger partial charge in [-0.25, -0.2) is 9.69 Å². The van der Waals surface area contributed by atoms with E-state index in [0.29, 0.717) is 53.8 Å². The number of carbonyl (C=O) groups excluding carboxylic acids is 2. The third-order valence-electron chi connectivity index (χ3n) is 8.30. The van der Waals surface area contributed by atoms with E-state index >= 15 is 0 Å². The fraction of sp³-hybridized carbons (Fsp3) is 0.552. The van der Waals surface area contributed by atoms with Crippen LogP contribution in [0.15, 0.2) is 24.3 Å². The number of carbonyl (C=O) groups is 2. The summed E-state index contributed by atoms with van der Waals surface area (Å²) in [6.07, 6.45) is -0.704. The number of nitrogens with zero attached hydrogens (tertiary/aromatic N) is 3. The number of rotatable bonds is 3. The molecule has 0 spiro atoms. The number of anilines is 3. The molecule has 0 aliphatic carbocycles. The Morgan fingerprint density at radius 3 is 2.54 bits per heavy atom. The van der Waals surface area contributed by atoms with Crippen LogP contribution in [0.1, 0.15) is 64.4 Å². The molecule has 0 saturated carbocycles. The molecule has 4 aliphatic rings. The summed E-state index contributed by atoms with van der Waals surface area (Å²) in [7, 11) is -0.703. The molecule has 218 valence electrons. The Morgan fingerprint density at radius 1 is 1.10 bits per heavy atom. The van der Waals surface area contributed by atoms with Gasteiger partial charge in [0.1, 0.15) is 23.7 Å². The standard InChI is InChI=1S/C29H37BN4O7/c1-27(2,3)39-26(36)34-14-18-19(30-40-28(4,5)29(6,7)41-30)8-9-20(23(18)25(34)35)31-22-11-10-21-24(32-22)38-16-17-15-37-13-12-33(17)21/h8-11,17H,12-16H2,1-7H3,(H,31,32)/t17-/m0/s1. The summed E-state index contributed by atoms with van der Waals surface area (Å²) < 4.78 is 29.8. The van der Waals surface area contributed by atoms with Crippen LogP contribution in [0.3, 0.4) is 0 Å². The van der Waals surface area contributed by atoms with Gasteiger partial charge in [0, 0.05) is 6.54 Å². The van der Waals surface area contributed by atoms with Gasteiger partial charge in [0.05, 0.1) is 48.3 Å². The van der Waals surface area contributed by atoms with Crippen molar-refractivity contribution < 1.29 is 33.1 Å². The van der Waals surface area contributed by atoms with Crippen molar-refractivity contribution >= 4 is 41.8 Å². The van der Waals surface area contributed by atoms with Gasteiger partial charge in [-0.2, -0.15) is 4.98 Å². The lowest BCUT2D eigenvalue weighted by molar-refractivity contribution is 0.00578. The number of aromatic nitrogens is 1.